The highest BCUT2D eigenvalue weighted by Gasteiger charge is 2.65. The third-order valence-electron chi connectivity index (χ3n) is 11.0. The zero-order valence-corrected chi connectivity index (χ0v) is 22.2. The van der Waals surface area contributed by atoms with Gasteiger partial charge < -0.3 is 20.6 Å². The summed E-state index contributed by atoms with van der Waals surface area (Å²) in [7, 11) is -4.08. The fourth-order valence-electron chi connectivity index (χ4n) is 9.18. The second-order valence-electron chi connectivity index (χ2n) is 12.7. The Kier molecular flexibility index (Phi) is 7.69. The number of fused-ring (bicyclic) bond motifs is 5. The second-order valence-corrected chi connectivity index (χ2v) is 14.3. The van der Waals surface area contributed by atoms with Crippen LogP contribution in [0, 0.1) is 46.3 Å². The summed E-state index contributed by atoms with van der Waals surface area (Å²) in [5.41, 5.74) is 0.00776. The number of carbonyl (C=O) groups excluding carboxylic acids is 1. The summed E-state index contributed by atoms with van der Waals surface area (Å²) in [6.07, 6.45) is 5.54. The predicted molar refractivity (Wildman–Crippen MR) is 132 cm³/mol. The molecule has 4 fully saturated rings. The molecule has 0 aromatic heterocycles. The zero-order valence-electron chi connectivity index (χ0n) is 21.4. The van der Waals surface area contributed by atoms with Gasteiger partial charge in [0, 0.05) is 13.0 Å². The smallest absolute Gasteiger partial charge is 0.266 e. The van der Waals surface area contributed by atoms with E-state index in [0.717, 1.165) is 38.5 Å². The van der Waals surface area contributed by atoms with Crippen molar-refractivity contribution in [3.05, 3.63) is 0 Å². The minimum atomic E-state index is -4.08. The molecule has 0 heterocycles. The standard InChI is InChI=1S/C26H45NO7S/c1-15(4-7-21(29)27-12-13-35(32,33)34)17-5-6-18-22-19(9-11-25(17,18)2)26(3)10-8-16(28)14-20(26)23(30)24(22)31/h15-20,22-24,28,30-31H,4-14H2,1-3H3,(H,27,29)(H,32,33,34)/t15-,16-,17-,18+,19+,20?,22?,23+,24+,25-,26-/m1/s1. The molecule has 4 aliphatic carbocycles. The Hall–Kier alpha value is -0.740. The summed E-state index contributed by atoms with van der Waals surface area (Å²) in [5.74, 6) is 0.781. The molecule has 0 aliphatic heterocycles. The average Bonchev–Trinajstić information content (AvgIpc) is 3.13. The molecule has 4 aliphatic rings. The average molecular weight is 516 g/mol. The fourth-order valence-corrected chi connectivity index (χ4v) is 9.54. The molecule has 2 unspecified atom stereocenters. The van der Waals surface area contributed by atoms with Crippen LogP contribution in [0.4, 0.5) is 0 Å². The molecule has 35 heavy (non-hydrogen) atoms. The van der Waals surface area contributed by atoms with Gasteiger partial charge in [0.1, 0.15) is 0 Å². The van der Waals surface area contributed by atoms with E-state index in [1.807, 2.05) is 0 Å². The molecule has 5 N–H and O–H groups in total. The van der Waals surface area contributed by atoms with Crippen LogP contribution in [-0.4, -0.2) is 64.8 Å². The maximum atomic E-state index is 12.2. The predicted octanol–water partition coefficient (Wildman–Crippen LogP) is 2.37. The summed E-state index contributed by atoms with van der Waals surface area (Å²) in [5, 5.41) is 35.4. The van der Waals surface area contributed by atoms with E-state index in [4.69, 9.17) is 4.55 Å². The van der Waals surface area contributed by atoms with Crippen molar-refractivity contribution in [1.29, 1.82) is 0 Å². The molecule has 1 amide bonds. The number of hydrogen-bond donors (Lipinski definition) is 5. The lowest BCUT2D eigenvalue weighted by molar-refractivity contribution is -0.223. The molecule has 0 spiro atoms. The molecular formula is C26H45NO7S. The first-order chi connectivity index (χ1) is 16.3. The monoisotopic (exact) mass is 515 g/mol. The van der Waals surface area contributed by atoms with Gasteiger partial charge in [-0.25, -0.2) is 0 Å². The number of aliphatic hydroxyl groups excluding tert-OH is 3. The van der Waals surface area contributed by atoms with Gasteiger partial charge >= 0.3 is 0 Å². The lowest BCUT2D eigenvalue weighted by Gasteiger charge is -2.63. The highest BCUT2D eigenvalue weighted by atomic mass is 32.2. The molecule has 202 valence electrons. The van der Waals surface area contributed by atoms with Crippen LogP contribution >= 0.6 is 0 Å². The first kappa shape index (κ1) is 27.3. The molecule has 11 atom stereocenters. The summed E-state index contributed by atoms with van der Waals surface area (Å²) in [4.78, 5) is 12.2. The molecule has 8 nitrogen and oxygen atoms in total. The number of rotatable bonds is 7. The minimum absolute atomic E-state index is 0.0479. The normalized spacial score (nSPS) is 46.3. The fraction of sp³-hybridized carbons (Fsp3) is 0.962. The van der Waals surface area contributed by atoms with Crippen molar-refractivity contribution in [3.63, 3.8) is 0 Å². The van der Waals surface area contributed by atoms with E-state index in [9.17, 15) is 28.5 Å². The van der Waals surface area contributed by atoms with Gasteiger partial charge in [0.25, 0.3) is 10.1 Å². The van der Waals surface area contributed by atoms with Crippen LogP contribution in [0.1, 0.15) is 78.6 Å². The molecule has 9 heteroatoms. The number of amides is 1. The highest BCUT2D eigenvalue weighted by Crippen LogP contribution is 2.68. The van der Waals surface area contributed by atoms with Crippen molar-refractivity contribution in [2.75, 3.05) is 12.3 Å². The van der Waals surface area contributed by atoms with E-state index >= 15 is 0 Å². The van der Waals surface area contributed by atoms with Crippen LogP contribution in [0.3, 0.4) is 0 Å². The molecule has 0 bridgehead atoms. The summed E-state index contributed by atoms with van der Waals surface area (Å²) < 4.78 is 30.5. The first-order valence-electron chi connectivity index (χ1n) is 13.5. The van der Waals surface area contributed by atoms with Gasteiger partial charge in [0.15, 0.2) is 0 Å². The van der Waals surface area contributed by atoms with Crippen molar-refractivity contribution in [2.24, 2.45) is 46.3 Å². The zero-order chi connectivity index (χ0) is 25.8. The van der Waals surface area contributed by atoms with Gasteiger partial charge in [-0.2, -0.15) is 8.42 Å². The molecule has 0 saturated heterocycles. The van der Waals surface area contributed by atoms with E-state index in [-0.39, 0.29) is 41.2 Å². The van der Waals surface area contributed by atoms with E-state index in [1.165, 1.54) is 0 Å². The Morgan fingerprint density at radius 3 is 2.31 bits per heavy atom. The van der Waals surface area contributed by atoms with Crippen LogP contribution in [0.25, 0.3) is 0 Å². The van der Waals surface area contributed by atoms with Crippen molar-refractivity contribution >= 4 is 16.0 Å². The van der Waals surface area contributed by atoms with Crippen LogP contribution in [0.5, 0.6) is 0 Å². The van der Waals surface area contributed by atoms with Crippen molar-refractivity contribution in [2.45, 2.75) is 96.9 Å². The maximum absolute atomic E-state index is 12.2. The van der Waals surface area contributed by atoms with E-state index in [1.54, 1.807) is 0 Å². The molecular weight excluding hydrogens is 470 g/mol. The summed E-state index contributed by atoms with van der Waals surface area (Å²) in [6, 6.07) is 0. The van der Waals surface area contributed by atoms with Gasteiger partial charge in [-0.1, -0.05) is 20.8 Å². The Labute approximate surface area is 210 Å². The number of hydrogen-bond acceptors (Lipinski definition) is 6. The van der Waals surface area contributed by atoms with Crippen LogP contribution < -0.4 is 5.32 Å². The van der Waals surface area contributed by atoms with E-state index in [0.29, 0.717) is 42.9 Å². The maximum Gasteiger partial charge on any atom is 0.266 e. The lowest BCUT2D eigenvalue weighted by atomic mass is 9.43. The van der Waals surface area contributed by atoms with Crippen LogP contribution in [0.15, 0.2) is 0 Å². The molecule has 4 saturated carbocycles. The third-order valence-corrected chi connectivity index (χ3v) is 11.7. The van der Waals surface area contributed by atoms with Crippen molar-refractivity contribution in [1.82, 2.24) is 5.32 Å². The number of aliphatic hydroxyl groups is 3. The SMILES string of the molecule is C[C@H](CCC(=O)NCCS(=O)(=O)O)[C@H]1CC[C@H]2C3[C@H](O)[C@@H](O)C4C[C@H](O)CC[C@]4(C)[C@H]3CC[C@]12C. The molecule has 0 radical (unpaired) electrons. The van der Waals surface area contributed by atoms with Gasteiger partial charge in [-0.3, -0.25) is 9.35 Å². The second kappa shape index (κ2) is 9.86. The lowest BCUT2D eigenvalue weighted by Crippen LogP contribution is -2.64. The summed E-state index contributed by atoms with van der Waals surface area (Å²) in [6.45, 7) is 6.75. The number of nitrogens with one attached hydrogen (secondary N) is 1. The Morgan fingerprint density at radius 2 is 1.63 bits per heavy atom. The Bertz CT molecular complexity index is 896. The Balaban J connectivity index is 1.42. The van der Waals surface area contributed by atoms with E-state index in [2.05, 4.69) is 26.1 Å². The van der Waals surface area contributed by atoms with Gasteiger partial charge in [0.2, 0.25) is 5.91 Å². The minimum Gasteiger partial charge on any atom is -0.393 e. The van der Waals surface area contributed by atoms with Crippen LogP contribution in [0.2, 0.25) is 0 Å². The Morgan fingerprint density at radius 1 is 0.971 bits per heavy atom. The van der Waals surface area contributed by atoms with Gasteiger partial charge in [-0.15, -0.1) is 0 Å². The van der Waals surface area contributed by atoms with Gasteiger partial charge in [0.05, 0.1) is 24.1 Å². The van der Waals surface area contributed by atoms with Crippen molar-refractivity contribution in [3.8, 4) is 0 Å². The highest BCUT2D eigenvalue weighted by molar-refractivity contribution is 7.85. The van der Waals surface area contributed by atoms with Crippen molar-refractivity contribution < 1.29 is 33.1 Å². The molecule has 0 aromatic carbocycles. The van der Waals surface area contributed by atoms with E-state index < -0.39 is 28.1 Å². The summed E-state index contributed by atoms with van der Waals surface area (Å²) >= 11 is 0. The quantitative estimate of drug-likeness (QED) is 0.327. The first-order valence-corrected chi connectivity index (χ1v) is 15.1. The van der Waals surface area contributed by atoms with Crippen LogP contribution in [-0.2, 0) is 14.9 Å². The third kappa shape index (κ3) is 5.05. The topological polar surface area (TPSA) is 144 Å². The van der Waals surface area contributed by atoms with Gasteiger partial charge in [-0.05, 0) is 97.7 Å². The molecule has 0 aromatic rings. The number of carbonyl (C=O) groups is 1. The largest absolute Gasteiger partial charge is 0.393 e. The molecule has 4 rings (SSSR count).